The minimum atomic E-state index is -0.588. The normalized spacial score (nSPS) is 21.9. The minimum absolute atomic E-state index is 0.0338. The summed E-state index contributed by atoms with van der Waals surface area (Å²) in [7, 11) is 0. The van der Waals surface area contributed by atoms with Gasteiger partial charge in [0.25, 0.3) is 0 Å². The highest BCUT2D eigenvalue weighted by molar-refractivity contribution is 5.92. The monoisotopic (exact) mass is 432 g/mol. The number of carbonyl (C=O) groups excluding carboxylic acids is 2. The molecule has 0 radical (unpaired) electrons. The van der Waals surface area contributed by atoms with E-state index in [0.29, 0.717) is 5.75 Å². The molecule has 4 nitrogen and oxygen atoms in total. The van der Waals surface area contributed by atoms with Crippen LogP contribution in [0.15, 0.2) is 66.7 Å². The average Bonchev–Trinajstić information content (AvgIpc) is 2.85. The lowest BCUT2D eigenvalue weighted by Crippen LogP contribution is -2.28. The van der Waals surface area contributed by atoms with Crippen molar-refractivity contribution >= 4 is 11.9 Å². The fourth-order valence-corrected chi connectivity index (χ4v) is 5.12. The summed E-state index contributed by atoms with van der Waals surface area (Å²) >= 11 is 0. The van der Waals surface area contributed by atoms with Crippen LogP contribution in [0.4, 0.5) is 0 Å². The van der Waals surface area contributed by atoms with Crippen molar-refractivity contribution < 1.29 is 19.1 Å². The van der Waals surface area contributed by atoms with E-state index in [0.717, 1.165) is 54.7 Å². The summed E-state index contributed by atoms with van der Waals surface area (Å²) in [4.78, 5) is 24.2. The molecule has 0 atom stereocenters. The summed E-state index contributed by atoms with van der Waals surface area (Å²) in [6.07, 6.45) is 13.3. The van der Waals surface area contributed by atoms with Gasteiger partial charge in [0, 0.05) is 12.2 Å². The van der Waals surface area contributed by atoms with Gasteiger partial charge in [-0.2, -0.15) is 0 Å². The number of esters is 2. The number of carbonyl (C=O) groups is 2. The quantitative estimate of drug-likeness (QED) is 0.297. The van der Waals surface area contributed by atoms with E-state index in [1.54, 1.807) is 12.1 Å². The van der Waals surface area contributed by atoms with Gasteiger partial charge in [-0.15, -0.1) is 0 Å². The molecule has 0 amide bonds. The van der Waals surface area contributed by atoms with Gasteiger partial charge in [0.15, 0.2) is 0 Å². The van der Waals surface area contributed by atoms with E-state index < -0.39 is 11.9 Å². The molecule has 4 rings (SSSR count). The fourth-order valence-electron chi connectivity index (χ4n) is 5.12. The second-order valence-corrected chi connectivity index (χ2v) is 9.02. The highest BCUT2D eigenvalue weighted by Crippen LogP contribution is 2.38. The van der Waals surface area contributed by atoms with E-state index in [9.17, 15) is 9.59 Å². The smallest absolute Gasteiger partial charge is 0.336 e. The summed E-state index contributed by atoms with van der Waals surface area (Å²) in [5.74, 6) is 1.05. The van der Waals surface area contributed by atoms with Crippen LogP contribution in [-0.2, 0) is 14.3 Å². The van der Waals surface area contributed by atoms with E-state index >= 15 is 0 Å². The Morgan fingerprint density at radius 1 is 0.656 bits per heavy atom. The summed E-state index contributed by atoms with van der Waals surface area (Å²) in [6, 6.07) is 17.3. The van der Waals surface area contributed by atoms with Gasteiger partial charge < -0.3 is 9.47 Å². The first-order valence-electron chi connectivity index (χ1n) is 11.9. The van der Waals surface area contributed by atoms with Crippen LogP contribution in [0.5, 0.6) is 5.75 Å². The van der Waals surface area contributed by atoms with Crippen LogP contribution in [-0.4, -0.2) is 18.0 Å². The SMILES string of the molecule is O=C(/C=C/C(=O)OC1CCC(C2CCCCC2)CC1)Oc1ccc(-c2ccccc2)cc1. The van der Waals surface area contributed by atoms with Crippen LogP contribution < -0.4 is 4.74 Å². The summed E-state index contributed by atoms with van der Waals surface area (Å²) in [6.45, 7) is 0. The summed E-state index contributed by atoms with van der Waals surface area (Å²) in [5, 5.41) is 0. The lowest BCUT2D eigenvalue weighted by Gasteiger charge is -2.35. The molecule has 0 saturated heterocycles. The topological polar surface area (TPSA) is 52.6 Å². The Labute approximate surface area is 190 Å². The Bertz CT molecular complexity index is 902. The molecule has 0 bridgehead atoms. The largest absolute Gasteiger partial charge is 0.459 e. The highest BCUT2D eigenvalue weighted by Gasteiger charge is 2.29. The predicted octanol–water partition coefficient (Wildman–Crippen LogP) is 6.50. The molecule has 2 aromatic rings. The van der Waals surface area contributed by atoms with Gasteiger partial charge in [-0.25, -0.2) is 9.59 Å². The fraction of sp³-hybridized carbons (Fsp3) is 0.429. The number of rotatable bonds is 6. The molecule has 0 heterocycles. The third kappa shape index (κ3) is 6.32. The first-order chi connectivity index (χ1) is 15.7. The zero-order valence-electron chi connectivity index (χ0n) is 18.6. The molecule has 2 saturated carbocycles. The molecule has 0 unspecified atom stereocenters. The number of hydrogen-bond acceptors (Lipinski definition) is 4. The molecule has 32 heavy (non-hydrogen) atoms. The summed E-state index contributed by atoms with van der Waals surface area (Å²) in [5.41, 5.74) is 2.14. The molecule has 0 N–H and O–H groups in total. The van der Waals surface area contributed by atoms with Crippen molar-refractivity contribution in [1.82, 2.24) is 0 Å². The Kier molecular flexibility index (Phi) is 7.76. The molecule has 2 aromatic carbocycles. The number of benzene rings is 2. The molecule has 4 heteroatoms. The average molecular weight is 433 g/mol. The molecule has 2 aliphatic rings. The van der Waals surface area contributed by atoms with Crippen LogP contribution in [0.25, 0.3) is 11.1 Å². The lowest BCUT2D eigenvalue weighted by atomic mass is 9.73. The first kappa shape index (κ1) is 22.3. The highest BCUT2D eigenvalue weighted by atomic mass is 16.5. The van der Waals surface area contributed by atoms with Gasteiger partial charge in [-0.05, 0) is 60.8 Å². The first-order valence-corrected chi connectivity index (χ1v) is 11.9. The van der Waals surface area contributed by atoms with Crippen LogP contribution >= 0.6 is 0 Å². The van der Waals surface area contributed by atoms with Crippen LogP contribution in [0.2, 0.25) is 0 Å². The van der Waals surface area contributed by atoms with Crippen LogP contribution in [0, 0.1) is 11.8 Å². The second kappa shape index (κ2) is 11.1. The zero-order valence-corrected chi connectivity index (χ0v) is 18.6. The molecule has 0 aromatic heterocycles. The third-order valence-corrected chi connectivity index (χ3v) is 6.85. The van der Waals surface area contributed by atoms with Crippen molar-refractivity contribution in [2.24, 2.45) is 11.8 Å². The van der Waals surface area contributed by atoms with Gasteiger partial charge >= 0.3 is 11.9 Å². The van der Waals surface area contributed by atoms with Gasteiger partial charge in [0.2, 0.25) is 0 Å². The van der Waals surface area contributed by atoms with Crippen molar-refractivity contribution in [3.05, 3.63) is 66.7 Å². The van der Waals surface area contributed by atoms with Gasteiger partial charge in [-0.3, -0.25) is 0 Å². The van der Waals surface area contributed by atoms with E-state index in [1.807, 2.05) is 42.5 Å². The lowest BCUT2D eigenvalue weighted by molar-refractivity contribution is -0.145. The molecule has 2 fully saturated rings. The van der Waals surface area contributed by atoms with E-state index in [-0.39, 0.29) is 6.10 Å². The van der Waals surface area contributed by atoms with Gasteiger partial charge in [-0.1, -0.05) is 74.6 Å². The summed E-state index contributed by atoms with van der Waals surface area (Å²) < 4.78 is 10.9. The second-order valence-electron chi connectivity index (χ2n) is 9.02. The number of hydrogen-bond donors (Lipinski definition) is 0. The van der Waals surface area contributed by atoms with Crippen LogP contribution in [0.1, 0.15) is 57.8 Å². The Balaban J connectivity index is 1.19. The molecular weight excluding hydrogens is 400 g/mol. The maximum Gasteiger partial charge on any atom is 0.336 e. The zero-order chi connectivity index (χ0) is 22.2. The van der Waals surface area contributed by atoms with Crippen molar-refractivity contribution in [2.45, 2.75) is 63.9 Å². The van der Waals surface area contributed by atoms with Gasteiger partial charge in [0.05, 0.1) is 0 Å². The minimum Gasteiger partial charge on any atom is -0.459 e. The Hall–Kier alpha value is -2.88. The van der Waals surface area contributed by atoms with E-state index in [4.69, 9.17) is 9.47 Å². The Morgan fingerprint density at radius 2 is 1.25 bits per heavy atom. The van der Waals surface area contributed by atoms with Crippen molar-refractivity contribution in [2.75, 3.05) is 0 Å². The van der Waals surface area contributed by atoms with E-state index in [2.05, 4.69) is 0 Å². The van der Waals surface area contributed by atoms with Crippen molar-refractivity contribution in [3.63, 3.8) is 0 Å². The van der Waals surface area contributed by atoms with Gasteiger partial charge in [0.1, 0.15) is 11.9 Å². The van der Waals surface area contributed by atoms with Crippen LogP contribution in [0.3, 0.4) is 0 Å². The molecule has 168 valence electrons. The third-order valence-electron chi connectivity index (χ3n) is 6.85. The molecular formula is C28H32O4. The predicted molar refractivity (Wildman–Crippen MR) is 125 cm³/mol. The Morgan fingerprint density at radius 3 is 1.94 bits per heavy atom. The standard InChI is InChI=1S/C28H32O4/c29-27(31-25-15-11-23(12-16-25)21-7-3-1-4-8-21)19-20-28(30)32-26-17-13-24(14-18-26)22-9-5-2-6-10-22/h1,3-4,7-8,11-12,15-16,19-20,22,24,26H,2,5-6,9-10,13-14,17-18H2/b20-19+. The van der Waals surface area contributed by atoms with Crippen molar-refractivity contribution in [1.29, 1.82) is 0 Å². The van der Waals surface area contributed by atoms with Crippen molar-refractivity contribution in [3.8, 4) is 16.9 Å². The molecule has 2 aliphatic carbocycles. The number of ether oxygens (including phenoxy) is 2. The maximum atomic E-state index is 12.1. The molecule has 0 aliphatic heterocycles. The maximum absolute atomic E-state index is 12.1. The molecule has 0 spiro atoms. The van der Waals surface area contributed by atoms with E-state index in [1.165, 1.54) is 38.2 Å².